The molecule has 174 valence electrons. The molecular formula is C26H23NO6S. The molecule has 0 aliphatic heterocycles. The molecule has 0 aliphatic carbocycles. The van der Waals surface area contributed by atoms with Gasteiger partial charge in [0.25, 0.3) is 10.0 Å². The normalized spacial score (nSPS) is 11.4. The molecule has 34 heavy (non-hydrogen) atoms. The minimum Gasteiger partial charge on any atom is -0.453 e. The van der Waals surface area contributed by atoms with E-state index in [9.17, 15) is 18.0 Å². The molecule has 0 bridgehead atoms. The number of carbonyl (C=O) groups excluding carboxylic acids is 2. The van der Waals surface area contributed by atoms with E-state index >= 15 is 0 Å². The van der Waals surface area contributed by atoms with Gasteiger partial charge in [0.1, 0.15) is 5.58 Å². The van der Waals surface area contributed by atoms with Gasteiger partial charge in [0.05, 0.1) is 16.1 Å². The lowest BCUT2D eigenvalue weighted by molar-refractivity contribution is 0.0469. The number of rotatable bonds is 7. The zero-order chi connectivity index (χ0) is 24.5. The van der Waals surface area contributed by atoms with Crippen molar-refractivity contribution in [3.8, 4) is 0 Å². The van der Waals surface area contributed by atoms with Crippen LogP contribution in [-0.2, 0) is 14.8 Å². The number of hydrogen-bond donors (Lipinski definition) is 1. The van der Waals surface area contributed by atoms with Crippen LogP contribution in [0.5, 0.6) is 0 Å². The summed E-state index contributed by atoms with van der Waals surface area (Å²) >= 11 is 0. The van der Waals surface area contributed by atoms with Crippen molar-refractivity contribution in [2.24, 2.45) is 0 Å². The molecule has 1 aromatic heterocycles. The first-order valence-corrected chi connectivity index (χ1v) is 12.0. The molecule has 3 aromatic carbocycles. The van der Waals surface area contributed by atoms with Gasteiger partial charge in [0, 0.05) is 5.39 Å². The summed E-state index contributed by atoms with van der Waals surface area (Å²) in [5.41, 5.74) is 2.75. The lowest BCUT2D eigenvalue weighted by Gasteiger charge is -2.15. The van der Waals surface area contributed by atoms with Crippen LogP contribution >= 0.6 is 0 Å². The molecule has 1 heterocycles. The summed E-state index contributed by atoms with van der Waals surface area (Å²) in [6.07, 6.45) is 0. The molecule has 0 saturated carbocycles. The van der Waals surface area contributed by atoms with Crippen LogP contribution in [0.15, 0.2) is 76.0 Å². The van der Waals surface area contributed by atoms with E-state index in [0.29, 0.717) is 16.7 Å². The van der Waals surface area contributed by atoms with Crippen LogP contribution in [0.3, 0.4) is 0 Å². The number of furan rings is 1. The third kappa shape index (κ3) is 4.72. The van der Waals surface area contributed by atoms with E-state index in [1.807, 2.05) is 13.0 Å². The van der Waals surface area contributed by atoms with Crippen LogP contribution in [0.1, 0.15) is 37.6 Å². The summed E-state index contributed by atoms with van der Waals surface area (Å²) in [7, 11) is -3.98. The molecule has 0 fully saturated rings. The standard InChI is InChI=1S/C26H23NO6S/c1-16-12-17(2)25(18(3)13-16)34(30,31)27-21-10-6-5-9-20(21)26(29)32-15-22(28)24-14-19-8-4-7-11-23(19)33-24/h4-14,27H,15H2,1-3H3. The van der Waals surface area contributed by atoms with Crippen molar-refractivity contribution in [2.75, 3.05) is 11.3 Å². The van der Waals surface area contributed by atoms with Gasteiger partial charge in [0.2, 0.25) is 5.78 Å². The summed E-state index contributed by atoms with van der Waals surface area (Å²) in [6, 6.07) is 18.4. The number of anilines is 1. The van der Waals surface area contributed by atoms with Crippen molar-refractivity contribution in [2.45, 2.75) is 25.7 Å². The minimum absolute atomic E-state index is 0.00843. The Morgan fingerprint density at radius 2 is 1.56 bits per heavy atom. The van der Waals surface area contributed by atoms with Crippen LogP contribution < -0.4 is 4.72 Å². The van der Waals surface area contributed by atoms with E-state index in [2.05, 4.69) is 4.72 Å². The number of ketones is 1. The van der Waals surface area contributed by atoms with Gasteiger partial charge < -0.3 is 9.15 Å². The van der Waals surface area contributed by atoms with Crippen molar-refractivity contribution in [3.05, 3.63) is 94.7 Å². The summed E-state index contributed by atoms with van der Waals surface area (Å²) in [6.45, 7) is 4.79. The molecule has 0 spiro atoms. The number of nitrogens with one attached hydrogen (secondary N) is 1. The van der Waals surface area contributed by atoms with Gasteiger partial charge in [-0.1, -0.05) is 48.0 Å². The van der Waals surface area contributed by atoms with Gasteiger partial charge in [-0.2, -0.15) is 0 Å². The maximum absolute atomic E-state index is 13.1. The van der Waals surface area contributed by atoms with Crippen LogP contribution in [0.2, 0.25) is 0 Å². The quantitative estimate of drug-likeness (QED) is 0.290. The lowest BCUT2D eigenvalue weighted by Crippen LogP contribution is -2.19. The van der Waals surface area contributed by atoms with E-state index in [1.165, 1.54) is 12.1 Å². The fourth-order valence-electron chi connectivity index (χ4n) is 3.94. The van der Waals surface area contributed by atoms with E-state index in [-0.39, 0.29) is 21.9 Å². The summed E-state index contributed by atoms with van der Waals surface area (Å²) in [4.78, 5) is 25.4. The van der Waals surface area contributed by atoms with Crippen LogP contribution in [0.4, 0.5) is 5.69 Å². The molecule has 4 aromatic rings. The molecule has 0 amide bonds. The fourth-order valence-corrected chi connectivity index (χ4v) is 5.47. The molecular weight excluding hydrogens is 454 g/mol. The molecule has 7 nitrogen and oxygen atoms in total. The smallest absolute Gasteiger partial charge is 0.340 e. The van der Waals surface area contributed by atoms with Crippen molar-refractivity contribution in [1.82, 2.24) is 0 Å². The Hall–Kier alpha value is -3.91. The number of sulfonamides is 1. The van der Waals surface area contributed by atoms with E-state index < -0.39 is 28.4 Å². The Balaban J connectivity index is 1.53. The molecule has 0 aliphatic rings. The SMILES string of the molecule is Cc1cc(C)c(S(=O)(=O)Nc2ccccc2C(=O)OCC(=O)c2cc3ccccc3o2)c(C)c1. The number of aryl methyl sites for hydroxylation is 3. The Kier molecular flexibility index (Phi) is 6.26. The van der Waals surface area contributed by atoms with Gasteiger partial charge in [0.15, 0.2) is 12.4 Å². The zero-order valence-corrected chi connectivity index (χ0v) is 19.7. The van der Waals surface area contributed by atoms with E-state index in [0.717, 1.165) is 10.9 Å². The summed E-state index contributed by atoms with van der Waals surface area (Å²) < 4.78 is 39.4. The summed E-state index contributed by atoms with van der Waals surface area (Å²) in [5, 5.41) is 0.763. The van der Waals surface area contributed by atoms with Crippen molar-refractivity contribution in [3.63, 3.8) is 0 Å². The van der Waals surface area contributed by atoms with Gasteiger partial charge in [-0.05, 0) is 56.2 Å². The van der Waals surface area contributed by atoms with Gasteiger partial charge in [-0.25, -0.2) is 13.2 Å². The fraction of sp³-hybridized carbons (Fsp3) is 0.154. The second-order valence-electron chi connectivity index (χ2n) is 8.03. The molecule has 0 radical (unpaired) electrons. The van der Waals surface area contributed by atoms with E-state index in [4.69, 9.17) is 9.15 Å². The lowest BCUT2D eigenvalue weighted by atomic mass is 10.1. The van der Waals surface area contributed by atoms with E-state index in [1.54, 1.807) is 62.4 Å². The van der Waals surface area contributed by atoms with Crippen LogP contribution in [0.25, 0.3) is 11.0 Å². The second-order valence-corrected chi connectivity index (χ2v) is 9.65. The number of esters is 1. The van der Waals surface area contributed by atoms with Crippen molar-refractivity contribution in [1.29, 1.82) is 0 Å². The van der Waals surface area contributed by atoms with Gasteiger partial charge >= 0.3 is 5.97 Å². The maximum atomic E-state index is 13.1. The maximum Gasteiger partial charge on any atom is 0.340 e. The first-order chi connectivity index (χ1) is 16.2. The molecule has 0 saturated heterocycles. The highest BCUT2D eigenvalue weighted by Gasteiger charge is 2.24. The topological polar surface area (TPSA) is 103 Å². The number of benzene rings is 3. The Morgan fingerprint density at radius 3 is 2.26 bits per heavy atom. The molecule has 8 heteroatoms. The number of Topliss-reactive ketones (excluding diaryl/α,β-unsaturated/α-hetero) is 1. The number of hydrogen-bond acceptors (Lipinski definition) is 6. The predicted octanol–water partition coefficient (Wildman–Crippen LogP) is 5.20. The van der Waals surface area contributed by atoms with Crippen LogP contribution in [-0.4, -0.2) is 26.8 Å². The minimum atomic E-state index is -3.98. The number of fused-ring (bicyclic) bond motifs is 1. The third-order valence-electron chi connectivity index (χ3n) is 5.30. The molecule has 1 N–H and O–H groups in total. The molecule has 0 atom stereocenters. The largest absolute Gasteiger partial charge is 0.453 e. The third-order valence-corrected chi connectivity index (χ3v) is 6.97. The number of carbonyl (C=O) groups is 2. The number of para-hydroxylation sites is 2. The van der Waals surface area contributed by atoms with Crippen molar-refractivity contribution >= 4 is 38.4 Å². The number of ether oxygens (including phenoxy) is 1. The molecule has 0 unspecified atom stereocenters. The Bertz CT molecular complexity index is 1460. The molecule has 4 rings (SSSR count). The highest BCUT2D eigenvalue weighted by Crippen LogP contribution is 2.26. The monoisotopic (exact) mass is 477 g/mol. The van der Waals surface area contributed by atoms with Crippen LogP contribution in [0, 0.1) is 20.8 Å². The average molecular weight is 478 g/mol. The highest BCUT2D eigenvalue weighted by atomic mass is 32.2. The first kappa shape index (κ1) is 23.3. The Labute approximate surface area is 197 Å². The first-order valence-electron chi connectivity index (χ1n) is 10.5. The van der Waals surface area contributed by atoms with Gasteiger partial charge in [-0.3, -0.25) is 9.52 Å². The van der Waals surface area contributed by atoms with Crippen molar-refractivity contribution < 1.29 is 27.2 Å². The Morgan fingerprint density at radius 1 is 0.912 bits per heavy atom. The predicted molar refractivity (Wildman–Crippen MR) is 129 cm³/mol. The second kappa shape index (κ2) is 9.15. The van der Waals surface area contributed by atoms with Gasteiger partial charge in [-0.15, -0.1) is 0 Å². The zero-order valence-electron chi connectivity index (χ0n) is 18.9. The summed E-state index contributed by atoms with van der Waals surface area (Å²) in [5.74, 6) is -1.26. The highest BCUT2D eigenvalue weighted by molar-refractivity contribution is 7.92. The average Bonchev–Trinajstić information content (AvgIpc) is 3.21.